The van der Waals surface area contributed by atoms with Gasteiger partial charge in [0.2, 0.25) is 0 Å². The van der Waals surface area contributed by atoms with Crippen LogP contribution in [-0.2, 0) is 6.42 Å². The average Bonchev–Trinajstić information content (AvgIpc) is 2.37. The van der Waals surface area contributed by atoms with Gasteiger partial charge >= 0.3 is 0 Å². The van der Waals surface area contributed by atoms with E-state index < -0.39 is 5.60 Å². The molecule has 1 aromatic rings. The van der Waals surface area contributed by atoms with E-state index in [0.717, 1.165) is 19.3 Å². The van der Waals surface area contributed by atoms with Crippen LogP contribution >= 0.6 is 0 Å². The van der Waals surface area contributed by atoms with Crippen molar-refractivity contribution >= 4 is 0 Å². The smallest absolute Gasteiger partial charge is 0.0766 e. The fourth-order valence-corrected chi connectivity index (χ4v) is 1.90. The van der Waals surface area contributed by atoms with Crippen molar-refractivity contribution in [3.05, 3.63) is 35.9 Å². The summed E-state index contributed by atoms with van der Waals surface area (Å²) in [6.45, 7) is 6.91. The Hall–Kier alpha value is -0.860. The molecule has 2 nitrogen and oxygen atoms in total. The Morgan fingerprint density at radius 1 is 1.18 bits per heavy atom. The SMILES string of the molecule is CCC(O)(CC)CNC(C)Cc1ccccc1. The van der Waals surface area contributed by atoms with Crippen molar-refractivity contribution in [2.24, 2.45) is 0 Å². The first-order valence-electron chi connectivity index (χ1n) is 6.59. The molecule has 0 saturated carbocycles. The Morgan fingerprint density at radius 2 is 1.76 bits per heavy atom. The van der Waals surface area contributed by atoms with E-state index in [1.54, 1.807) is 0 Å². The van der Waals surface area contributed by atoms with Crippen molar-refractivity contribution in [2.45, 2.75) is 51.7 Å². The lowest BCUT2D eigenvalue weighted by Crippen LogP contribution is -2.43. The highest BCUT2D eigenvalue weighted by molar-refractivity contribution is 5.15. The molecule has 2 N–H and O–H groups in total. The van der Waals surface area contributed by atoms with Gasteiger partial charge in [-0.15, -0.1) is 0 Å². The first-order chi connectivity index (χ1) is 8.09. The normalized spacial score (nSPS) is 13.6. The number of hydrogen-bond acceptors (Lipinski definition) is 2. The maximum Gasteiger partial charge on any atom is 0.0766 e. The molecule has 17 heavy (non-hydrogen) atoms. The van der Waals surface area contributed by atoms with Gasteiger partial charge in [0.15, 0.2) is 0 Å². The minimum atomic E-state index is -0.551. The van der Waals surface area contributed by atoms with Crippen molar-refractivity contribution in [2.75, 3.05) is 6.54 Å². The molecule has 2 heteroatoms. The van der Waals surface area contributed by atoms with Gasteiger partial charge in [0, 0.05) is 12.6 Å². The summed E-state index contributed by atoms with van der Waals surface area (Å²) in [6.07, 6.45) is 2.60. The third-order valence-corrected chi connectivity index (χ3v) is 3.48. The van der Waals surface area contributed by atoms with E-state index in [0.29, 0.717) is 12.6 Å². The Kier molecular flexibility index (Phi) is 5.66. The summed E-state index contributed by atoms with van der Waals surface area (Å²) in [5.74, 6) is 0. The lowest BCUT2D eigenvalue weighted by atomic mass is 9.97. The minimum Gasteiger partial charge on any atom is -0.389 e. The van der Waals surface area contributed by atoms with Gasteiger partial charge in [-0.1, -0.05) is 44.2 Å². The van der Waals surface area contributed by atoms with Gasteiger partial charge in [-0.25, -0.2) is 0 Å². The second-order valence-electron chi connectivity index (χ2n) is 4.90. The van der Waals surface area contributed by atoms with Gasteiger partial charge < -0.3 is 10.4 Å². The first-order valence-corrected chi connectivity index (χ1v) is 6.59. The predicted octanol–water partition coefficient (Wildman–Crippen LogP) is 2.76. The number of benzene rings is 1. The van der Waals surface area contributed by atoms with Gasteiger partial charge in [-0.3, -0.25) is 0 Å². The number of nitrogens with one attached hydrogen (secondary N) is 1. The Balaban J connectivity index is 2.38. The summed E-state index contributed by atoms with van der Waals surface area (Å²) in [5.41, 5.74) is 0.786. The summed E-state index contributed by atoms with van der Waals surface area (Å²) in [7, 11) is 0. The Labute approximate surface area is 105 Å². The van der Waals surface area contributed by atoms with Crippen LogP contribution in [0.4, 0.5) is 0 Å². The quantitative estimate of drug-likeness (QED) is 0.761. The number of rotatable bonds is 7. The fourth-order valence-electron chi connectivity index (χ4n) is 1.90. The van der Waals surface area contributed by atoms with Crippen molar-refractivity contribution in [1.29, 1.82) is 0 Å². The molecule has 0 bridgehead atoms. The van der Waals surface area contributed by atoms with Crippen LogP contribution in [0.3, 0.4) is 0 Å². The van der Waals surface area contributed by atoms with Crippen molar-refractivity contribution in [1.82, 2.24) is 5.32 Å². The topological polar surface area (TPSA) is 32.3 Å². The first kappa shape index (κ1) is 14.2. The van der Waals surface area contributed by atoms with Crippen molar-refractivity contribution in [3.8, 4) is 0 Å². The van der Waals surface area contributed by atoms with Gasteiger partial charge in [0.05, 0.1) is 5.60 Å². The van der Waals surface area contributed by atoms with Crippen LogP contribution in [0.2, 0.25) is 0 Å². The van der Waals surface area contributed by atoms with E-state index in [-0.39, 0.29) is 0 Å². The molecule has 1 unspecified atom stereocenters. The molecule has 0 spiro atoms. The predicted molar refractivity (Wildman–Crippen MR) is 73.1 cm³/mol. The van der Waals surface area contributed by atoms with E-state index in [2.05, 4.69) is 36.5 Å². The third-order valence-electron chi connectivity index (χ3n) is 3.48. The van der Waals surface area contributed by atoms with E-state index in [1.165, 1.54) is 5.56 Å². The van der Waals surface area contributed by atoms with Gasteiger partial charge in [-0.2, -0.15) is 0 Å². The number of aliphatic hydroxyl groups is 1. The van der Waals surface area contributed by atoms with Crippen LogP contribution in [0.25, 0.3) is 0 Å². The third kappa shape index (κ3) is 4.88. The molecule has 0 saturated heterocycles. The van der Waals surface area contributed by atoms with Crippen LogP contribution in [-0.4, -0.2) is 23.3 Å². The minimum absolute atomic E-state index is 0.391. The zero-order valence-electron chi connectivity index (χ0n) is 11.2. The summed E-state index contributed by atoms with van der Waals surface area (Å²) in [4.78, 5) is 0. The maximum atomic E-state index is 10.2. The largest absolute Gasteiger partial charge is 0.389 e. The highest BCUT2D eigenvalue weighted by atomic mass is 16.3. The molecule has 1 rings (SSSR count). The van der Waals surface area contributed by atoms with Gasteiger partial charge in [0.1, 0.15) is 0 Å². The average molecular weight is 235 g/mol. The molecule has 0 fully saturated rings. The van der Waals surface area contributed by atoms with Crippen LogP contribution in [0, 0.1) is 0 Å². The monoisotopic (exact) mass is 235 g/mol. The standard InChI is InChI=1S/C15H25NO/c1-4-15(17,5-2)12-16-13(3)11-14-9-7-6-8-10-14/h6-10,13,16-17H,4-5,11-12H2,1-3H3. The van der Waals surface area contributed by atoms with Crippen LogP contribution in [0.5, 0.6) is 0 Å². The van der Waals surface area contributed by atoms with Crippen molar-refractivity contribution in [3.63, 3.8) is 0 Å². The summed E-state index contributed by atoms with van der Waals surface area (Å²) in [5, 5.41) is 13.6. The van der Waals surface area contributed by atoms with Gasteiger partial charge in [-0.05, 0) is 31.7 Å². The molecule has 0 heterocycles. The van der Waals surface area contributed by atoms with Crippen molar-refractivity contribution < 1.29 is 5.11 Å². The lowest BCUT2D eigenvalue weighted by Gasteiger charge is -2.27. The molecule has 0 aliphatic heterocycles. The summed E-state index contributed by atoms with van der Waals surface area (Å²) in [6, 6.07) is 10.8. The second kappa shape index (κ2) is 6.77. The molecule has 1 atom stereocenters. The second-order valence-corrected chi connectivity index (χ2v) is 4.90. The highest BCUT2D eigenvalue weighted by Gasteiger charge is 2.22. The molecule has 96 valence electrons. The molecular weight excluding hydrogens is 210 g/mol. The highest BCUT2D eigenvalue weighted by Crippen LogP contribution is 2.13. The zero-order valence-corrected chi connectivity index (χ0v) is 11.2. The maximum absolute atomic E-state index is 10.2. The fraction of sp³-hybridized carbons (Fsp3) is 0.600. The van der Waals surface area contributed by atoms with E-state index in [4.69, 9.17) is 0 Å². The Morgan fingerprint density at radius 3 is 2.29 bits per heavy atom. The molecule has 0 radical (unpaired) electrons. The van der Waals surface area contributed by atoms with Crippen LogP contribution < -0.4 is 5.32 Å². The summed E-state index contributed by atoms with van der Waals surface area (Å²) >= 11 is 0. The van der Waals surface area contributed by atoms with E-state index in [9.17, 15) is 5.11 Å². The lowest BCUT2D eigenvalue weighted by molar-refractivity contribution is 0.0303. The van der Waals surface area contributed by atoms with Crippen LogP contribution in [0.1, 0.15) is 39.2 Å². The number of hydrogen-bond donors (Lipinski definition) is 2. The van der Waals surface area contributed by atoms with Crippen LogP contribution in [0.15, 0.2) is 30.3 Å². The molecule has 0 aromatic heterocycles. The molecule has 0 amide bonds. The molecular formula is C15H25NO. The molecule has 0 aliphatic rings. The van der Waals surface area contributed by atoms with Gasteiger partial charge in [0.25, 0.3) is 0 Å². The molecule has 1 aromatic carbocycles. The summed E-state index contributed by atoms with van der Waals surface area (Å²) < 4.78 is 0. The zero-order chi connectivity index (χ0) is 12.7. The molecule has 0 aliphatic carbocycles. The van der Waals surface area contributed by atoms with E-state index in [1.807, 2.05) is 19.9 Å². The van der Waals surface area contributed by atoms with E-state index >= 15 is 0 Å². The Bertz CT molecular complexity index is 306.